The number of esters is 2. The van der Waals surface area contributed by atoms with Crippen molar-refractivity contribution >= 4 is 29.5 Å². The highest BCUT2D eigenvalue weighted by Gasteiger charge is 2.28. The molecule has 2 heterocycles. The summed E-state index contributed by atoms with van der Waals surface area (Å²) in [6.07, 6.45) is 3.87. The average molecular weight is 375 g/mol. The van der Waals surface area contributed by atoms with Gasteiger partial charge in [-0.2, -0.15) is 0 Å². The highest BCUT2D eigenvalue weighted by Crippen LogP contribution is 2.28. The van der Waals surface area contributed by atoms with Crippen molar-refractivity contribution in [2.45, 2.75) is 20.8 Å². The molecule has 2 rings (SSSR count). The van der Waals surface area contributed by atoms with Crippen LogP contribution in [0, 0.1) is 6.92 Å². The molecule has 0 unspecified atom stereocenters. The van der Waals surface area contributed by atoms with Crippen molar-refractivity contribution in [1.82, 2.24) is 9.97 Å². The van der Waals surface area contributed by atoms with Crippen LogP contribution in [0.3, 0.4) is 0 Å². The van der Waals surface area contributed by atoms with Crippen LogP contribution in [0.5, 0.6) is 0 Å². The number of anilines is 1. The smallest absolute Gasteiger partial charge is 0.359 e. The van der Waals surface area contributed by atoms with Crippen LogP contribution in [0.25, 0.3) is 0 Å². The summed E-state index contributed by atoms with van der Waals surface area (Å²) in [4.78, 5) is 55.2. The van der Waals surface area contributed by atoms with Gasteiger partial charge >= 0.3 is 11.9 Å². The number of nitrogens with one attached hydrogen (secondary N) is 1. The fraction of sp³-hybridized carbons (Fsp3) is 0.294. The molecule has 142 valence electrons. The third kappa shape index (κ3) is 4.75. The first-order valence-electron chi connectivity index (χ1n) is 7.89. The number of nitrogens with zero attached hydrogens (tertiary/aromatic N) is 2. The zero-order chi connectivity index (χ0) is 20.0. The van der Waals surface area contributed by atoms with Gasteiger partial charge in [0.2, 0.25) is 5.88 Å². The molecule has 0 aromatic carbocycles. The number of hydrogen-bond acceptors (Lipinski definition) is 9. The number of Topliss-reactive ketones (excluding diaryl/α,β-unsaturated/α-hetero) is 1. The topological polar surface area (TPSA) is 138 Å². The number of rotatable bonds is 7. The van der Waals surface area contributed by atoms with Crippen molar-refractivity contribution in [2.75, 3.05) is 18.5 Å². The van der Waals surface area contributed by atoms with E-state index >= 15 is 0 Å². The Morgan fingerprint density at radius 2 is 1.85 bits per heavy atom. The lowest BCUT2D eigenvalue weighted by atomic mass is 10.1. The molecule has 10 nitrogen and oxygen atoms in total. The molecule has 0 saturated heterocycles. The standard InChI is InChI=1S/C17H17N3O7/c1-4-25-17(24)14-13(9(2)21)10(3)27-15(14)20-12(22)8-26-16(23)11-7-18-5-6-19-11/h5-7H,4,8H2,1-3H3,(H,20,22). The first-order chi connectivity index (χ1) is 12.8. The molecule has 0 aliphatic carbocycles. The zero-order valence-electron chi connectivity index (χ0n) is 14.9. The van der Waals surface area contributed by atoms with Gasteiger partial charge in [0.05, 0.1) is 18.4 Å². The minimum atomic E-state index is -0.844. The molecule has 0 spiro atoms. The number of amides is 1. The Labute approximate surface area is 153 Å². The van der Waals surface area contributed by atoms with Crippen molar-refractivity contribution in [3.8, 4) is 0 Å². The van der Waals surface area contributed by atoms with Crippen LogP contribution in [0.1, 0.15) is 50.8 Å². The van der Waals surface area contributed by atoms with E-state index in [9.17, 15) is 19.2 Å². The first-order valence-corrected chi connectivity index (χ1v) is 7.89. The summed E-state index contributed by atoms with van der Waals surface area (Å²) >= 11 is 0. The van der Waals surface area contributed by atoms with Gasteiger partial charge in [-0.1, -0.05) is 0 Å². The fourth-order valence-corrected chi connectivity index (χ4v) is 2.23. The molecule has 0 aliphatic heterocycles. The van der Waals surface area contributed by atoms with Gasteiger partial charge in [0.25, 0.3) is 5.91 Å². The van der Waals surface area contributed by atoms with E-state index in [2.05, 4.69) is 15.3 Å². The Bertz CT molecular complexity index is 874. The molecule has 2 aromatic rings. The zero-order valence-corrected chi connectivity index (χ0v) is 14.9. The van der Waals surface area contributed by atoms with Crippen LogP contribution in [0.15, 0.2) is 23.0 Å². The van der Waals surface area contributed by atoms with Crippen LogP contribution in [-0.2, 0) is 14.3 Å². The van der Waals surface area contributed by atoms with E-state index in [1.54, 1.807) is 6.92 Å². The van der Waals surface area contributed by atoms with Gasteiger partial charge in [0, 0.05) is 12.4 Å². The summed E-state index contributed by atoms with van der Waals surface area (Å²) in [6.45, 7) is 3.75. The SMILES string of the molecule is CCOC(=O)c1c(NC(=O)COC(=O)c2cnccn2)oc(C)c1C(C)=O. The molecule has 0 atom stereocenters. The van der Waals surface area contributed by atoms with Crippen molar-refractivity contribution in [3.05, 3.63) is 41.2 Å². The number of ether oxygens (including phenoxy) is 2. The molecular formula is C17H17N3O7. The molecule has 0 fully saturated rings. The van der Waals surface area contributed by atoms with Crippen LogP contribution in [0.4, 0.5) is 5.88 Å². The van der Waals surface area contributed by atoms with E-state index in [0.29, 0.717) is 0 Å². The second kappa shape index (κ2) is 8.70. The van der Waals surface area contributed by atoms with Gasteiger partial charge in [-0.15, -0.1) is 0 Å². The predicted octanol–water partition coefficient (Wildman–Crippen LogP) is 1.55. The number of aryl methyl sites for hydroxylation is 1. The Kier molecular flexibility index (Phi) is 6.36. The lowest BCUT2D eigenvalue weighted by molar-refractivity contribution is -0.119. The largest absolute Gasteiger partial charge is 0.462 e. The maximum atomic E-state index is 12.2. The van der Waals surface area contributed by atoms with Gasteiger partial charge in [-0.05, 0) is 20.8 Å². The van der Waals surface area contributed by atoms with Crippen molar-refractivity contribution in [1.29, 1.82) is 0 Å². The average Bonchev–Trinajstić information content (AvgIpc) is 2.96. The molecule has 0 bridgehead atoms. The Morgan fingerprint density at radius 3 is 2.44 bits per heavy atom. The molecule has 0 aliphatic rings. The second-order valence-electron chi connectivity index (χ2n) is 5.23. The lowest BCUT2D eigenvalue weighted by Gasteiger charge is -2.06. The summed E-state index contributed by atoms with van der Waals surface area (Å²) < 4.78 is 15.0. The Balaban J connectivity index is 2.13. The summed E-state index contributed by atoms with van der Waals surface area (Å²) in [5.74, 6) is -2.96. The van der Waals surface area contributed by atoms with Crippen molar-refractivity contribution in [2.24, 2.45) is 0 Å². The summed E-state index contributed by atoms with van der Waals surface area (Å²) in [6, 6.07) is 0. The molecule has 27 heavy (non-hydrogen) atoms. The fourth-order valence-electron chi connectivity index (χ4n) is 2.23. The molecule has 2 aromatic heterocycles. The van der Waals surface area contributed by atoms with Gasteiger partial charge in [-0.25, -0.2) is 14.6 Å². The summed E-state index contributed by atoms with van der Waals surface area (Å²) in [5.41, 5.74) is -0.235. The summed E-state index contributed by atoms with van der Waals surface area (Å²) in [5, 5.41) is 2.30. The van der Waals surface area contributed by atoms with Gasteiger partial charge in [0.1, 0.15) is 11.3 Å². The number of carbonyl (C=O) groups is 4. The van der Waals surface area contributed by atoms with E-state index < -0.39 is 30.2 Å². The molecular weight excluding hydrogens is 358 g/mol. The third-order valence-electron chi connectivity index (χ3n) is 3.28. The number of furan rings is 1. The van der Waals surface area contributed by atoms with E-state index in [0.717, 1.165) is 0 Å². The molecule has 0 saturated carbocycles. The molecule has 1 N–H and O–H groups in total. The minimum Gasteiger partial charge on any atom is -0.462 e. The lowest BCUT2D eigenvalue weighted by Crippen LogP contribution is -2.22. The number of carbonyl (C=O) groups excluding carboxylic acids is 4. The highest BCUT2D eigenvalue weighted by molar-refractivity contribution is 6.10. The van der Waals surface area contributed by atoms with Crippen molar-refractivity contribution < 1.29 is 33.1 Å². The van der Waals surface area contributed by atoms with Gasteiger partial charge in [0.15, 0.2) is 18.1 Å². The van der Waals surface area contributed by atoms with E-state index in [1.807, 2.05) is 0 Å². The highest BCUT2D eigenvalue weighted by atomic mass is 16.5. The third-order valence-corrected chi connectivity index (χ3v) is 3.28. The van der Waals surface area contributed by atoms with Gasteiger partial charge < -0.3 is 13.9 Å². The number of hydrogen-bond donors (Lipinski definition) is 1. The van der Waals surface area contributed by atoms with E-state index in [4.69, 9.17) is 13.9 Å². The second-order valence-corrected chi connectivity index (χ2v) is 5.23. The monoisotopic (exact) mass is 375 g/mol. The molecule has 1 amide bonds. The maximum Gasteiger partial charge on any atom is 0.359 e. The van der Waals surface area contributed by atoms with Crippen LogP contribution >= 0.6 is 0 Å². The molecule has 10 heteroatoms. The number of ketones is 1. The van der Waals surface area contributed by atoms with Crippen LogP contribution in [-0.4, -0.2) is 46.8 Å². The maximum absolute atomic E-state index is 12.2. The predicted molar refractivity (Wildman–Crippen MR) is 90.4 cm³/mol. The first kappa shape index (κ1) is 19.8. The number of aromatic nitrogens is 2. The Morgan fingerprint density at radius 1 is 1.11 bits per heavy atom. The van der Waals surface area contributed by atoms with E-state index in [-0.39, 0.29) is 35.1 Å². The van der Waals surface area contributed by atoms with Crippen molar-refractivity contribution in [3.63, 3.8) is 0 Å². The van der Waals surface area contributed by atoms with Crippen LogP contribution < -0.4 is 5.32 Å². The normalized spacial score (nSPS) is 10.2. The van der Waals surface area contributed by atoms with Gasteiger partial charge in [-0.3, -0.25) is 19.9 Å². The van der Waals surface area contributed by atoms with Crippen LogP contribution in [0.2, 0.25) is 0 Å². The van der Waals surface area contributed by atoms with E-state index in [1.165, 1.54) is 32.4 Å². The Hall–Kier alpha value is -3.56. The minimum absolute atomic E-state index is 0.0142. The summed E-state index contributed by atoms with van der Waals surface area (Å²) in [7, 11) is 0. The molecule has 0 radical (unpaired) electrons. The quantitative estimate of drug-likeness (QED) is 0.564.